The molecule has 0 aliphatic heterocycles. The minimum Gasteiger partial charge on any atom is -0.198 e. The predicted octanol–water partition coefficient (Wildman–Crippen LogP) is 3.41. The van der Waals surface area contributed by atoms with Crippen molar-refractivity contribution < 1.29 is 4.57 Å². The summed E-state index contributed by atoms with van der Waals surface area (Å²) in [5, 5.41) is 0. The van der Waals surface area contributed by atoms with Gasteiger partial charge in [-0.1, -0.05) is 18.2 Å². The molecule has 0 aliphatic carbocycles. The van der Waals surface area contributed by atoms with Crippen LogP contribution in [0.2, 0.25) is 0 Å². The summed E-state index contributed by atoms with van der Waals surface area (Å²) in [6, 6.07) is 10.8. The zero-order valence-corrected chi connectivity index (χ0v) is 11.3. The molecule has 0 radical (unpaired) electrons. The fourth-order valence-electron chi connectivity index (χ4n) is 2.25. The molecule has 1 heteroatoms. The van der Waals surface area contributed by atoms with Gasteiger partial charge < -0.3 is 0 Å². The molecule has 1 heterocycles. The van der Waals surface area contributed by atoms with E-state index in [0.717, 1.165) is 0 Å². The van der Waals surface area contributed by atoms with Gasteiger partial charge in [0, 0.05) is 24.1 Å². The molecule has 0 saturated carbocycles. The highest BCUT2D eigenvalue weighted by Gasteiger charge is 2.17. The Morgan fingerprint density at radius 2 is 1.53 bits per heavy atom. The van der Waals surface area contributed by atoms with Gasteiger partial charge in [-0.2, -0.15) is 4.57 Å². The van der Waals surface area contributed by atoms with E-state index in [4.69, 9.17) is 0 Å². The minimum absolute atomic E-state index is 1.30. The maximum Gasteiger partial charge on any atom is 0.212 e. The number of aryl methyl sites for hydroxylation is 2. The molecule has 0 atom stereocenters. The summed E-state index contributed by atoms with van der Waals surface area (Å²) in [6.07, 6.45) is 0. The summed E-state index contributed by atoms with van der Waals surface area (Å²) >= 11 is 0. The molecule has 1 aromatic heterocycles. The second-order valence-corrected chi connectivity index (χ2v) is 4.80. The van der Waals surface area contributed by atoms with E-state index in [1.807, 2.05) is 0 Å². The van der Waals surface area contributed by atoms with Crippen molar-refractivity contribution in [2.75, 3.05) is 0 Å². The lowest BCUT2D eigenvalue weighted by Crippen LogP contribution is -2.36. The molecule has 0 fully saturated rings. The van der Waals surface area contributed by atoms with Crippen LogP contribution in [0.25, 0.3) is 11.3 Å². The van der Waals surface area contributed by atoms with Gasteiger partial charge in [-0.3, -0.25) is 0 Å². The highest BCUT2D eigenvalue weighted by molar-refractivity contribution is 5.61. The van der Waals surface area contributed by atoms with E-state index in [2.05, 4.69) is 69.6 Å². The first-order chi connectivity index (χ1) is 8.02. The number of rotatable bonds is 1. The smallest absolute Gasteiger partial charge is 0.198 e. The topological polar surface area (TPSA) is 3.88 Å². The van der Waals surface area contributed by atoms with Crippen LogP contribution in [0.15, 0.2) is 30.3 Å². The predicted molar refractivity (Wildman–Crippen MR) is 72.0 cm³/mol. The average molecular weight is 226 g/mol. The van der Waals surface area contributed by atoms with Crippen LogP contribution in [0.3, 0.4) is 0 Å². The van der Waals surface area contributed by atoms with Gasteiger partial charge in [0.05, 0.1) is 0 Å². The van der Waals surface area contributed by atoms with E-state index in [9.17, 15) is 0 Å². The first-order valence-electron chi connectivity index (χ1n) is 6.05. The van der Waals surface area contributed by atoms with Crippen LogP contribution < -0.4 is 4.57 Å². The molecule has 0 bridgehead atoms. The number of aromatic nitrogens is 1. The summed E-state index contributed by atoms with van der Waals surface area (Å²) < 4.78 is 2.28. The Morgan fingerprint density at radius 3 is 2.18 bits per heavy atom. The van der Waals surface area contributed by atoms with Gasteiger partial charge in [-0.05, 0) is 38.0 Å². The van der Waals surface area contributed by atoms with Gasteiger partial charge in [0.15, 0.2) is 5.69 Å². The van der Waals surface area contributed by atoms with Crippen LogP contribution in [0.4, 0.5) is 0 Å². The number of benzene rings is 1. The first kappa shape index (κ1) is 11.8. The molecule has 88 valence electrons. The largest absolute Gasteiger partial charge is 0.212 e. The normalized spacial score (nSPS) is 10.6. The molecule has 0 N–H and O–H groups in total. The third kappa shape index (κ3) is 1.97. The van der Waals surface area contributed by atoms with E-state index in [-0.39, 0.29) is 0 Å². The van der Waals surface area contributed by atoms with Gasteiger partial charge in [-0.15, -0.1) is 0 Å². The monoisotopic (exact) mass is 226 g/mol. The molecule has 2 rings (SSSR count). The van der Waals surface area contributed by atoms with Crippen molar-refractivity contribution in [3.63, 3.8) is 0 Å². The summed E-state index contributed by atoms with van der Waals surface area (Å²) in [6.45, 7) is 8.72. The highest BCUT2D eigenvalue weighted by Crippen LogP contribution is 2.22. The number of hydrogen-bond donors (Lipinski definition) is 0. The van der Waals surface area contributed by atoms with E-state index < -0.39 is 0 Å². The molecule has 0 spiro atoms. The van der Waals surface area contributed by atoms with Crippen LogP contribution in [0.1, 0.15) is 22.4 Å². The van der Waals surface area contributed by atoms with Crippen molar-refractivity contribution in [1.29, 1.82) is 0 Å². The summed E-state index contributed by atoms with van der Waals surface area (Å²) in [4.78, 5) is 0. The van der Waals surface area contributed by atoms with Crippen molar-refractivity contribution >= 4 is 0 Å². The van der Waals surface area contributed by atoms with Crippen LogP contribution in [-0.4, -0.2) is 0 Å². The zero-order valence-electron chi connectivity index (χ0n) is 11.3. The third-order valence-electron chi connectivity index (χ3n) is 3.77. The van der Waals surface area contributed by atoms with Gasteiger partial charge in [0.1, 0.15) is 7.05 Å². The molecule has 0 unspecified atom stereocenters. The molecule has 1 aromatic carbocycles. The number of nitrogens with zero attached hydrogens (tertiary/aromatic N) is 1. The van der Waals surface area contributed by atoms with Crippen molar-refractivity contribution in [3.8, 4) is 11.3 Å². The molecule has 2 aromatic rings. The Bertz CT molecular complexity index is 568. The van der Waals surface area contributed by atoms with Crippen LogP contribution in [-0.2, 0) is 7.05 Å². The van der Waals surface area contributed by atoms with E-state index >= 15 is 0 Å². The second-order valence-electron chi connectivity index (χ2n) is 4.80. The molecule has 0 amide bonds. The summed E-state index contributed by atoms with van der Waals surface area (Å²) in [5.74, 6) is 0. The van der Waals surface area contributed by atoms with Gasteiger partial charge >= 0.3 is 0 Å². The van der Waals surface area contributed by atoms with Crippen molar-refractivity contribution in [2.45, 2.75) is 27.7 Å². The first-order valence-corrected chi connectivity index (χ1v) is 6.05. The maximum absolute atomic E-state index is 2.28. The molecular weight excluding hydrogens is 206 g/mol. The lowest BCUT2D eigenvalue weighted by molar-refractivity contribution is -0.667. The van der Waals surface area contributed by atoms with Crippen molar-refractivity contribution in [2.24, 2.45) is 7.05 Å². The Hall–Kier alpha value is -1.63. The number of pyridine rings is 1. The lowest BCUT2D eigenvalue weighted by Gasteiger charge is -2.09. The fourth-order valence-corrected chi connectivity index (χ4v) is 2.25. The van der Waals surface area contributed by atoms with Crippen LogP contribution in [0, 0.1) is 27.7 Å². The minimum atomic E-state index is 1.30. The van der Waals surface area contributed by atoms with E-state index in [1.165, 1.54) is 33.6 Å². The second kappa shape index (κ2) is 4.33. The van der Waals surface area contributed by atoms with E-state index in [1.54, 1.807) is 0 Å². The molecule has 0 saturated heterocycles. The SMILES string of the molecule is Cc1ccccc1-c1cc(C)c(C)c(C)[n+]1C. The summed E-state index contributed by atoms with van der Waals surface area (Å²) in [7, 11) is 2.14. The standard InChI is InChI=1S/C16H20N/c1-11-8-6-7-9-15(11)16-10-12(2)13(3)14(4)17(16)5/h6-10H,1-5H3/q+1. The molecular formula is C16H20N+. The Balaban J connectivity index is 2.73. The maximum atomic E-state index is 2.28. The Labute approximate surface area is 104 Å². The fraction of sp³-hybridized carbons (Fsp3) is 0.312. The van der Waals surface area contributed by atoms with Gasteiger partial charge in [0.25, 0.3) is 0 Å². The Kier molecular flexibility index (Phi) is 3.01. The van der Waals surface area contributed by atoms with Crippen molar-refractivity contribution in [3.05, 3.63) is 52.7 Å². The van der Waals surface area contributed by atoms with Crippen LogP contribution >= 0.6 is 0 Å². The van der Waals surface area contributed by atoms with Gasteiger partial charge in [0.2, 0.25) is 5.69 Å². The Morgan fingerprint density at radius 1 is 0.882 bits per heavy atom. The number of hydrogen-bond acceptors (Lipinski definition) is 0. The highest BCUT2D eigenvalue weighted by atomic mass is 14.9. The van der Waals surface area contributed by atoms with Gasteiger partial charge in [-0.25, -0.2) is 0 Å². The quantitative estimate of drug-likeness (QED) is 0.656. The zero-order chi connectivity index (χ0) is 12.6. The molecule has 1 nitrogen and oxygen atoms in total. The molecule has 17 heavy (non-hydrogen) atoms. The van der Waals surface area contributed by atoms with Crippen molar-refractivity contribution in [1.82, 2.24) is 0 Å². The average Bonchev–Trinajstić information content (AvgIpc) is 2.32. The van der Waals surface area contributed by atoms with Crippen LogP contribution in [0.5, 0.6) is 0 Å². The van der Waals surface area contributed by atoms with E-state index in [0.29, 0.717) is 0 Å². The third-order valence-corrected chi connectivity index (χ3v) is 3.77. The lowest BCUT2D eigenvalue weighted by atomic mass is 10.0. The summed E-state index contributed by atoms with van der Waals surface area (Å²) in [5.41, 5.74) is 8.02. The molecule has 0 aliphatic rings.